The summed E-state index contributed by atoms with van der Waals surface area (Å²) in [4.78, 5) is 0. The highest BCUT2D eigenvalue weighted by Crippen LogP contribution is 2.25. The number of halogens is 3. The van der Waals surface area contributed by atoms with Crippen molar-refractivity contribution in [1.82, 2.24) is 9.78 Å². The Morgan fingerprint density at radius 3 is 2.41 bits per heavy atom. The second kappa shape index (κ2) is 4.58. The molecule has 1 aromatic carbocycles. The Hall–Kier alpha value is -1.82. The molecule has 0 fully saturated rings. The van der Waals surface area contributed by atoms with Crippen LogP contribution in [0.4, 0.5) is 13.2 Å². The van der Waals surface area contributed by atoms with E-state index in [1.807, 2.05) is 0 Å². The van der Waals surface area contributed by atoms with Crippen molar-refractivity contribution < 1.29 is 13.2 Å². The van der Waals surface area contributed by atoms with E-state index in [9.17, 15) is 13.2 Å². The fourth-order valence-electron chi connectivity index (χ4n) is 1.57. The topological polar surface area (TPSA) is 43.8 Å². The highest BCUT2D eigenvalue weighted by atomic mass is 19.3. The monoisotopic (exact) mass is 241 g/mol. The molecule has 90 valence electrons. The van der Waals surface area contributed by atoms with Crippen LogP contribution in [0.5, 0.6) is 0 Å². The van der Waals surface area contributed by atoms with Crippen LogP contribution in [0, 0.1) is 5.82 Å². The summed E-state index contributed by atoms with van der Waals surface area (Å²) < 4.78 is 39.6. The Balaban J connectivity index is 2.51. The molecule has 0 unspecified atom stereocenters. The van der Waals surface area contributed by atoms with Gasteiger partial charge in [0.05, 0.1) is 11.9 Å². The minimum Gasteiger partial charge on any atom is -0.326 e. The van der Waals surface area contributed by atoms with Crippen molar-refractivity contribution in [3.63, 3.8) is 0 Å². The van der Waals surface area contributed by atoms with Gasteiger partial charge in [-0.1, -0.05) is 0 Å². The maximum absolute atomic E-state index is 12.9. The van der Waals surface area contributed by atoms with Gasteiger partial charge in [0, 0.05) is 12.1 Å². The van der Waals surface area contributed by atoms with Crippen molar-refractivity contribution >= 4 is 0 Å². The van der Waals surface area contributed by atoms with Crippen LogP contribution in [0.25, 0.3) is 5.69 Å². The molecule has 0 spiro atoms. The van der Waals surface area contributed by atoms with Crippen LogP contribution in [0.1, 0.15) is 17.7 Å². The summed E-state index contributed by atoms with van der Waals surface area (Å²) >= 11 is 0. The van der Waals surface area contributed by atoms with Gasteiger partial charge in [-0.05, 0) is 24.3 Å². The first-order valence-corrected chi connectivity index (χ1v) is 4.94. The van der Waals surface area contributed by atoms with Crippen molar-refractivity contribution in [2.75, 3.05) is 0 Å². The minimum atomic E-state index is -2.68. The van der Waals surface area contributed by atoms with E-state index in [1.54, 1.807) is 0 Å². The number of rotatable bonds is 3. The van der Waals surface area contributed by atoms with Crippen molar-refractivity contribution in [2.45, 2.75) is 13.0 Å². The zero-order valence-electron chi connectivity index (χ0n) is 8.78. The maximum Gasteiger partial charge on any atom is 0.280 e. The van der Waals surface area contributed by atoms with Gasteiger partial charge >= 0.3 is 0 Å². The Bertz CT molecular complexity index is 505. The molecule has 2 rings (SSSR count). The van der Waals surface area contributed by atoms with Gasteiger partial charge in [-0.3, -0.25) is 0 Å². The average Bonchev–Trinajstić information content (AvgIpc) is 2.73. The van der Waals surface area contributed by atoms with E-state index in [0.717, 1.165) is 4.68 Å². The molecule has 1 heterocycles. The van der Waals surface area contributed by atoms with Gasteiger partial charge in [-0.15, -0.1) is 0 Å². The Kier molecular flexibility index (Phi) is 3.14. The Morgan fingerprint density at radius 2 is 1.88 bits per heavy atom. The van der Waals surface area contributed by atoms with Gasteiger partial charge in [0.1, 0.15) is 11.5 Å². The smallest absolute Gasteiger partial charge is 0.280 e. The van der Waals surface area contributed by atoms with Gasteiger partial charge in [0.2, 0.25) is 0 Å². The zero-order chi connectivity index (χ0) is 12.4. The van der Waals surface area contributed by atoms with Crippen molar-refractivity contribution in [3.05, 3.63) is 47.5 Å². The first-order chi connectivity index (χ1) is 8.13. The highest BCUT2D eigenvalue weighted by molar-refractivity contribution is 5.35. The normalized spacial score (nSPS) is 11.1. The zero-order valence-corrected chi connectivity index (χ0v) is 8.78. The van der Waals surface area contributed by atoms with E-state index in [2.05, 4.69) is 5.10 Å². The maximum atomic E-state index is 12.9. The molecule has 2 aromatic rings. The molecule has 0 bridgehead atoms. The predicted molar refractivity (Wildman–Crippen MR) is 56.4 cm³/mol. The lowest BCUT2D eigenvalue weighted by Crippen LogP contribution is -2.06. The molecule has 17 heavy (non-hydrogen) atoms. The predicted octanol–water partition coefficient (Wildman–Crippen LogP) is 2.41. The van der Waals surface area contributed by atoms with Gasteiger partial charge in [0.25, 0.3) is 6.43 Å². The first-order valence-electron chi connectivity index (χ1n) is 4.94. The second-order valence-corrected chi connectivity index (χ2v) is 3.45. The first kappa shape index (κ1) is 11.7. The number of alkyl halides is 2. The number of aromatic nitrogens is 2. The highest BCUT2D eigenvalue weighted by Gasteiger charge is 2.19. The Morgan fingerprint density at radius 1 is 1.24 bits per heavy atom. The van der Waals surface area contributed by atoms with Gasteiger partial charge < -0.3 is 5.73 Å². The molecule has 0 saturated heterocycles. The lowest BCUT2D eigenvalue weighted by molar-refractivity contribution is 0.141. The summed E-state index contributed by atoms with van der Waals surface area (Å²) in [5.41, 5.74) is 5.76. The molecular weight excluding hydrogens is 231 g/mol. The van der Waals surface area contributed by atoms with Crippen LogP contribution in [0.3, 0.4) is 0 Å². The third-order valence-electron chi connectivity index (χ3n) is 2.38. The standard InChI is InChI=1S/C11H10F3N3/c12-8-1-3-9(4-2-8)17-10(11(13)14)7(5-15)6-16-17/h1-4,6,11H,5,15H2. The molecule has 6 heteroatoms. The molecule has 0 aliphatic heterocycles. The number of nitrogens with two attached hydrogens (primary N) is 1. The molecule has 1 aromatic heterocycles. The van der Waals surface area contributed by atoms with Crippen LogP contribution in [0.15, 0.2) is 30.5 Å². The van der Waals surface area contributed by atoms with E-state index in [0.29, 0.717) is 5.69 Å². The van der Waals surface area contributed by atoms with Crippen LogP contribution >= 0.6 is 0 Å². The number of hydrogen-bond donors (Lipinski definition) is 1. The molecule has 2 N–H and O–H groups in total. The molecule has 0 saturated carbocycles. The van der Waals surface area contributed by atoms with E-state index in [1.165, 1.54) is 30.5 Å². The lowest BCUT2D eigenvalue weighted by Gasteiger charge is -2.08. The summed E-state index contributed by atoms with van der Waals surface area (Å²) in [6, 6.07) is 5.14. The summed E-state index contributed by atoms with van der Waals surface area (Å²) in [5, 5.41) is 3.84. The molecule has 0 aliphatic rings. The van der Waals surface area contributed by atoms with Crippen LogP contribution in [-0.4, -0.2) is 9.78 Å². The number of nitrogens with zero attached hydrogens (tertiary/aromatic N) is 2. The summed E-state index contributed by atoms with van der Waals surface area (Å²) in [6.45, 7) is -0.0130. The second-order valence-electron chi connectivity index (χ2n) is 3.45. The summed E-state index contributed by atoms with van der Waals surface area (Å²) in [7, 11) is 0. The molecule has 0 atom stereocenters. The lowest BCUT2D eigenvalue weighted by atomic mass is 10.2. The van der Waals surface area contributed by atoms with Crippen molar-refractivity contribution in [2.24, 2.45) is 5.73 Å². The fourth-order valence-corrected chi connectivity index (χ4v) is 1.57. The van der Waals surface area contributed by atoms with Crippen molar-refractivity contribution in [1.29, 1.82) is 0 Å². The third-order valence-corrected chi connectivity index (χ3v) is 2.38. The minimum absolute atomic E-state index is 0.0130. The van der Waals surface area contributed by atoms with E-state index in [-0.39, 0.29) is 17.8 Å². The average molecular weight is 241 g/mol. The molecule has 0 aliphatic carbocycles. The summed E-state index contributed by atoms with van der Waals surface area (Å²) in [5.74, 6) is -0.432. The number of benzene rings is 1. The SMILES string of the molecule is NCc1cnn(-c2ccc(F)cc2)c1C(F)F. The molecule has 0 radical (unpaired) electrons. The van der Waals surface area contributed by atoms with E-state index in [4.69, 9.17) is 5.73 Å². The van der Waals surface area contributed by atoms with Gasteiger partial charge in [0.15, 0.2) is 0 Å². The van der Waals surface area contributed by atoms with E-state index < -0.39 is 12.2 Å². The van der Waals surface area contributed by atoms with Gasteiger partial charge in [-0.2, -0.15) is 5.10 Å². The van der Waals surface area contributed by atoms with Crippen LogP contribution in [-0.2, 0) is 6.54 Å². The Labute approximate surface area is 95.7 Å². The molecular formula is C11H10F3N3. The van der Waals surface area contributed by atoms with Crippen LogP contribution < -0.4 is 5.73 Å². The fraction of sp³-hybridized carbons (Fsp3) is 0.182. The van der Waals surface area contributed by atoms with E-state index >= 15 is 0 Å². The van der Waals surface area contributed by atoms with Gasteiger partial charge in [-0.25, -0.2) is 17.9 Å². The largest absolute Gasteiger partial charge is 0.326 e. The molecule has 3 nitrogen and oxygen atoms in total. The summed E-state index contributed by atoms with van der Waals surface area (Å²) in [6.07, 6.45) is -1.38. The van der Waals surface area contributed by atoms with Crippen LogP contribution in [0.2, 0.25) is 0 Å². The third kappa shape index (κ3) is 2.16. The number of hydrogen-bond acceptors (Lipinski definition) is 2. The quantitative estimate of drug-likeness (QED) is 0.896. The molecule has 0 amide bonds. The van der Waals surface area contributed by atoms with Crippen molar-refractivity contribution in [3.8, 4) is 5.69 Å².